The zero-order chi connectivity index (χ0) is 18.0. The molecule has 0 aliphatic rings. The first kappa shape index (κ1) is 18.4. The first-order valence-corrected chi connectivity index (χ1v) is 7.25. The number of methoxy groups -OCH3 is 1. The van der Waals surface area contributed by atoms with Crippen LogP contribution in [0.25, 0.3) is 11.1 Å². The number of hydrogen-bond donors (Lipinski definition) is 0. The molecule has 0 heterocycles. The van der Waals surface area contributed by atoms with Crippen molar-refractivity contribution in [3.05, 3.63) is 60.2 Å². The molecule has 0 spiro atoms. The average Bonchev–Trinajstić information content (AvgIpc) is 2.54. The van der Waals surface area contributed by atoms with Crippen molar-refractivity contribution in [2.45, 2.75) is 31.0 Å². The number of benzene rings is 2. The van der Waals surface area contributed by atoms with Crippen LogP contribution in [0.3, 0.4) is 0 Å². The van der Waals surface area contributed by atoms with Crippen LogP contribution < -0.4 is 0 Å². The summed E-state index contributed by atoms with van der Waals surface area (Å²) in [5.74, 6) is -4.85. The Bertz CT molecular complexity index is 681. The Kier molecular flexibility index (Phi) is 4.99. The highest BCUT2D eigenvalue weighted by Gasteiger charge is 2.60. The van der Waals surface area contributed by atoms with Crippen molar-refractivity contribution in [1.82, 2.24) is 0 Å². The van der Waals surface area contributed by atoms with Gasteiger partial charge < -0.3 is 4.74 Å². The Morgan fingerprint density at radius 3 is 1.96 bits per heavy atom. The summed E-state index contributed by atoms with van der Waals surface area (Å²) in [5, 5.41) is 0. The normalized spacial score (nSPS) is 15.1. The van der Waals surface area contributed by atoms with Crippen LogP contribution in [0.4, 0.5) is 22.0 Å². The van der Waals surface area contributed by atoms with E-state index in [9.17, 15) is 22.0 Å². The Labute approximate surface area is 137 Å². The highest BCUT2D eigenvalue weighted by atomic mass is 19.4. The summed E-state index contributed by atoms with van der Waals surface area (Å²) >= 11 is 0. The third-order valence-electron chi connectivity index (χ3n) is 4.00. The Hall–Kier alpha value is -1.95. The van der Waals surface area contributed by atoms with Crippen molar-refractivity contribution in [3.8, 4) is 11.1 Å². The molecule has 6 heteroatoms. The van der Waals surface area contributed by atoms with Crippen LogP contribution in [0.5, 0.6) is 0 Å². The fourth-order valence-corrected chi connectivity index (χ4v) is 2.47. The van der Waals surface area contributed by atoms with Crippen molar-refractivity contribution in [1.29, 1.82) is 0 Å². The van der Waals surface area contributed by atoms with Gasteiger partial charge in [-0.2, -0.15) is 22.0 Å². The molecule has 0 N–H and O–H groups in total. The smallest absolute Gasteiger partial charge is 0.374 e. The second-order valence-electron chi connectivity index (χ2n) is 5.76. The lowest BCUT2D eigenvalue weighted by Crippen LogP contribution is -2.43. The van der Waals surface area contributed by atoms with E-state index in [0.29, 0.717) is 5.56 Å². The van der Waals surface area contributed by atoms with Crippen LogP contribution in [0.15, 0.2) is 54.6 Å². The van der Waals surface area contributed by atoms with Gasteiger partial charge in [0.05, 0.1) is 12.0 Å². The average molecular weight is 344 g/mol. The fourth-order valence-electron chi connectivity index (χ4n) is 2.47. The van der Waals surface area contributed by atoms with Crippen molar-refractivity contribution in [2.75, 3.05) is 7.11 Å². The van der Waals surface area contributed by atoms with Crippen LogP contribution >= 0.6 is 0 Å². The summed E-state index contributed by atoms with van der Waals surface area (Å²) in [4.78, 5) is 0. The van der Waals surface area contributed by atoms with Crippen LogP contribution in [-0.4, -0.2) is 19.2 Å². The monoisotopic (exact) mass is 344 g/mol. The molecule has 0 saturated heterocycles. The summed E-state index contributed by atoms with van der Waals surface area (Å²) in [7, 11) is 1.13. The predicted octanol–water partition coefficient (Wildman–Crippen LogP) is 5.80. The molecule has 1 nitrogen and oxygen atoms in total. The van der Waals surface area contributed by atoms with Gasteiger partial charge in [-0.15, -0.1) is 0 Å². The topological polar surface area (TPSA) is 9.23 Å². The Morgan fingerprint density at radius 2 is 1.42 bits per heavy atom. The predicted molar refractivity (Wildman–Crippen MR) is 81.9 cm³/mol. The SMILES string of the molecule is COC(C)(CC(F)(F)C(F)(F)F)c1cccc(-c2ccccc2)c1. The molecule has 0 amide bonds. The molecule has 2 rings (SSSR count). The quantitative estimate of drug-likeness (QED) is 0.623. The minimum Gasteiger partial charge on any atom is -0.374 e. The van der Waals surface area contributed by atoms with Crippen LogP contribution in [-0.2, 0) is 10.3 Å². The summed E-state index contributed by atoms with van der Waals surface area (Å²) in [6.07, 6.45) is -7.11. The maximum atomic E-state index is 13.5. The second-order valence-corrected chi connectivity index (χ2v) is 5.76. The van der Waals surface area contributed by atoms with Gasteiger partial charge in [-0.1, -0.05) is 48.5 Å². The minimum atomic E-state index is -5.62. The molecule has 2 aromatic rings. The second kappa shape index (κ2) is 6.51. The van der Waals surface area contributed by atoms with Crippen molar-refractivity contribution in [3.63, 3.8) is 0 Å². The third kappa shape index (κ3) is 3.75. The first-order valence-electron chi connectivity index (χ1n) is 7.25. The number of halogens is 5. The number of hydrogen-bond acceptors (Lipinski definition) is 1. The number of rotatable bonds is 5. The van der Waals surface area contributed by atoms with Gasteiger partial charge in [0, 0.05) is 7.11 Å². The first-order chi connectivity index (χ1) is 11.1. The van der Waals surface area contributed by atoms with Gasteiger partial charge in [0.2, 0.25) is 0 Å². The van der Waals surface area contributed by atoms with E-state index < -0.39 is 24.1 Å². The maximum Gasteiger partial charge on any atom is 0.453 e. The molecule has 0 saturated carbocycles. The van der Waals surface area contributed by atoms with Gasteiger partial charge in [-0.05, 0) is 29.7 Å². The molecule has 0 aliphatic heterocycles. The van der Waals surface area contributed by atoms with Gasteiger partial charge in [-0.25, -0.2) is 0 Å². The van der Waals surface area contributed by atoms with E-state index in [1.807, 2.05) is 30.3 Å². The zero-order valence-corrected chi connectivity index (χ0v) is 13.2. The van der Waals surface area contributed by atoms with Crippen LogP contribution in [0.2, 0.25) is 0 Å². The molecule has 2 aromatic carbocycles. The molecule has 0 aliphatic carbocycles. The molecule has 130 valence electrons. The van der Waals surface area contributed by atoms with Crippen LogP contribution in [0, 0.1) is 0 Å². The van der Waals surface area contributed by atoms with E-state index in [0.717, 1.165) is 12.7 Å². The van der Waals surface area contributed by atoms with E-state index in [4.69, 9.17) is 4.74 Å². The van der Waals surface area contributed by atoms with E-state index in [2.05, 4.69) is 0 Å². The summed E-state index contributed by atoms with van der Waals surface area (Å²) in [6.45, 7) is 1.23. The van der Waals surface area contributed by atoms with Gasteiger partial charge in [0.25, 0.3) is 0 Å². The highest BCUT2D eigenvalue weighted by Crippen LogP contribution is 2.45. The number of alkyl halides is 5. The molecule has 0 aromatic heterocycles. The van der Waals surface area contributed by atoms with Crippen LogP contribution in [0.1, 0.15) is 18.9 Å². The Morgan fingerprint density at radius 1 is 0.833 bits per heavy atom. The number of ether oxygens (including phenoxy) is 1. The van der Waals surface area contributed by atoms with Gasteiger partial charge in [-0.3, -0.25) is 0 Å². The molecule has 24 heavy (non-hydrogen) atoms. The van der Waals surface area contributed by atoms with E-state index >= 15 is 0 Å². The summed E-state index contributed by atoms with van der Waals surface area (Å²) < 4.78 is 69.8. The van der Waals surface area contributed by atoms with E-state index in [1.54, 1.807) is 18.2 Å². The Balaban J connectivity index is 2.40. The standard InChI is InChI=1S/C18H17F5O/c1-16(24-2,12-17(19,20)18(21,22)23)15-10-6-9-14(11-15)13-7-4-3-5-8-13/h3-11H,12H2,1-2H3. The largest absolute Gasteiger partial charge is 0.453 e. The minimum absolute atomic E-state index is 0.260. The van der Waals surface area contributed by atoms with Crippen molar-refractivity contribution >= 4 is 0 Å². The molecular weight excluding hydrogens is 327 g/mol. The zero-order valence-electron chi connectivity index (χ0n) is 13.2. The molecule has 0 fully saturated rings. The molecule has 1 atom stereocenters. The van der Waals surface area contributed by atoms with Crippen molar-refractivity contribution in [2.24, 2.45) is 0 Å². The maximum absolute atomic E-state index is 13.5. The van der Waals surface area contributed by atoms with E-state index in [1.165, 1.54) is 13.0 Å². The lowest BCUT2D eigenvalue weighted by atomic mass is 9.87. The molecule has 1 unspecified atom stereocenters. The summed E-state index contributed by atoms with van der Waals surface area (Å²) in [5.41, 5.74) is 0.0337. The third-order valence-corrected chi connectivity index (χ3v) is 4.00. The summed E-state index contributed by atoms with van der Waals surface area (Å²) in [6, 6.07) is 15.5. The molecule has 0 bridgehead atoms. The van der Waals surface area contributed by atoms with Gasteiger partial charge in [0.15, 0.2) is 0 Å². The molecule has 0 radical (unpaired) electrons. The lowest BCUT2D eigenvalue weighted by molar-refractivity contribution is -0.298. The van der Waals surface area contributed by atoms with Gasteiger partial charge in [0.1, 0.15) is 0 Å². The lowest BCUT2D eigenvalue weighted by Gasteiger charge is -2.33. The van der Waals surface area contributed by atoms with Crippen molar-refractivity contribution < 1.29 is 26.7 Å². The molecular formula is C18H17F5O. The van der Waals surface area contributed by atoms with Gasteiger partial charge >= 0.3 is 12.1 Å². The van der Waals surface area contributed by atoms with E-state index in [-0.39, 0.29) is 5.56 Å². The fraction of sp³-hybridized carbons (Fsp3) is 0.333. The highest BCUT2D eigenvalue weighted by molar-refractivity contribution is 5.64.